The molecule has 5 rings (SSSR count). The maximum absolute atomic E-state index is 3.55. The zero-order valence-electron chi connectivity index (χ0n) is 14.1. The summed E-state index contributed by atoms with van der Waals surface area (Å²) in [6.45, 7) is 0. The smallest absolute Gasteiger partial charge is 0.277 e. The van der Waals surface area contributed by atoms with Crippen molar-refractivity contribution in [2.75, 3.05) is 11.9 Å². The number of benzene rings is 3. The van der Waals surface area contributed by atoms with Crippen molar-refractivity contribution in [1.82, 2.24) is 4.58 Å². The van der Waals surface area contributed by atoms with Crippen LogP contribution >= 0.6 is 0 Å². The van der Waals surface area contributed by atoms with E-state index in [0.717, 1.165) is 17.8 Å². The van der Waals surface area contributed by atoms with Gasteiger partial charge in [0.05, 0.1) is 19.2 Å². The molecule has 0 atom stereocenters. The highest BCUT2D eigenvalue weighted by atomic mass is 15.3. The van der Waals surface area contributed by atoms with E-state index < -0.39 is 0 Å². The molecule has 0 N–H and O–H groups in total. The number of hydrogen-bond donors (Lipinski definition) is 0. The molecule has 3 aromatic rings. The van der Waals surface area contributed by atoms with Gasteiger partial charge in [-0.1, -0.05) is 48.5 Å². The summed E-state index contributed by atoms with van der Waals surface area (Å²) in [5, 5.41) is 0. The first-order valence-electron chi connectivity index (χ1n) is 8.51. The SMILES string of the molecule is C[N+]1=C2Cc3ccccc3N2c2ccccc2[N+](c2ccccc2)=[C-]1. The second-order valence-electron chi connectivity index (χ2n) is 6.38. The Kier molecular flexibility index (Phi) is 3.07. The minimum absolute atomic E-state index is 0.913. The van der Waals surface area contributed by atoms with Crippen molar-refractivity contribution < 1.29 is 4.58 Å². The van der Waals surface area contributed by atoms with E-state index in [0.29, 0.717) is 0 Å². The van der Waals surface area contributed by atoms with E-state index >= 15 is 0 Å². The van der Waals surface area contributed by atoms with Gasteiger partial charge in [0, 0.05) is 5.56 Å². The fraction of sp³-hybridized carbons (Fsp3) is 0.0909. The molecule has 2 aliphatic heterocycles. The monoisotopic (exact) mass is 324 g/mol. The molecule has 2 heterocycles. The molecular weight excluding hydrogens is 306 g/mol. The van der Waals surface area contributed by atoms with Gasteiger partial charge in [-0.25, -0.2) is 9.48 Å². The van der Waals surface area contributed by atoms with Crippen LogP contribution in [0.1, 0.15) is 5.56 Å². The first-order valence-corrected chi connectivity index (χ1v) is 8.51. The Morgan fingerprint density at radius 3 is 2.32 bits per heavy atom. The first-order chi connectivity index (χ1) is 12.3. The highest BCUT2D eigenvalue weighted by Gasteiger charge is 2.38. The van der Waals surface area contributed by atoms with Gasteiger partial charge in [0.2, 0.25) is 0 Å². The molecule has 3 nitrogen and oxygen atoms in total. The van der Waals surface area contributed by atoms with Crippen LogP contribution in [-0.2, 0) is 6.42 Å². The van der Waals surface area contributed by atoms with Crippen LogP contribution in [-0.4, -0.2) is 23.8 Å². The third-order valence-electron chi connectivity index (χ3n) is 4.85. The van der Waals surface area contributed by atoms with Crippen LogP contribution in [0.3, 0.4) is 0 Å². The predicted octanol–water partition coefficient (Wildman–Crippen LogP) is 4.18. The normalized spacial score (nSPS) is 15.2. The van der Waals surface area contributed by atoms with E-state index in [2.05, 4.69) is 100 Å². The summed E-state index contributed by atoms with van der Waals surface area (Å²) in [6.07, 6.45) is 4.46. The largest absolute Gasteiger partial charge is 0.322 e. The Hall–Kier alpha value is -3.20. The lowest BCUT2D eigenvalue weighted by atomic mass is 10.1. The van der Waals surface area contributed by atoms with Crippen molar-refractivity contribution in [2.24, 2.45) is 0 Å². The number of nitrogens with zero attached hydrogens (tertiary/aromatic N) is 3. The van der Waals surface area contributed by atoms with E-state index in [-0.39, 0.29) is 0 Å². The number of para-hydroxylation sites is 4. The Balaban J connectivity index is 1.80. The maximum Gasteiger partial charge on any atom is 0.322 e. The molecular formula is C22H18N3+. The average molecular weight is 324 g/mol. The van der Waals surface area contributed by atoms with Gasteiger partial charge in [-0.2, -0.15) is 0 Å². The van der Waals surface area contributed by atoms with Gasteiger partial charge in [0.25, 0.3) is 5.84 Å². The number of amidine groups is 1. The fourth-order valence-electron chi connectivity index (χ4n) is 3.68. The van der Waals surface area contributed by atoms with Crippen LogP contribution in [0.2, 0.25) is 0 Å². The minimum Gasteiger partial charge on any atom is -0.277 e. The summed E-state index contributed by atoms with van der Waals surface area (Å²) in [5.74, 6) is 1.23. The quantitative estimate of drug-likeness (QED) is 0.482. The lowest BCUT2D eigenvalue weighted by molar-refractivity contribution is -0.363. The summed E-state index contributed by atoms with van der Waals surface area (Å²) in [4.78, 5) is 2.36. The molecule has 120 valence electrons. The Morgan fingerprint density at radius 1 is 0.800 bits per heavy atom. The van der Waals surface area contributed by atoms with E-state index in [1.807, 2.05) is 6.07 Å². The van der Waals surface area contributed by atoms with E-state index in [9.17, 15) is 0 Å². The molecule has 2 aliphatic rings. The number of rotatable bonds is 1. The van der Waals surface area contributed by atoms with Crippen LogP contribution in [0.5, 0.6) is 0 Å². The number of anilines is 2. The Morgan fingerprint density at radius 2 is 1.48 bits per heavy atom. The van der Waals surface area contributed by atoms with Gasteiger partial charge in [-0.3, -0.25) is 4.58 Å². The topological polar surface area (TPSA) is 9.26 Å². The minimum atomic E-state index is 0.913. The number of hydrogen-bond acceptors (Lipinski definition) is 1. The lowest BCUT2D eigenvalue weighted by Gasteiger charge is -2.16. The second-order valence-corrected chi connectivity index (χ2v) is 6.38. The summed E-state index contributed by atoms with van der Waals surface area (Å²) < 4.78 is 4.26. The van der Waals surface area contributed by atoms with E-state index in [4.69, 9.17) is 0 Å². The van der Waals surface area contributed by atoms with Crippen molar-refractivity contribution in [2.45, 2.75) is 6.42 Å². The van der Waals surface area contributed by atoms with E-state index in [1.165, 1.54) is 22.8 Å². The Labute approximate surface area is 147 Å². The molecule has 0 unspecified atom stereocenters. The van der Waals surface area contributed by atoms with Crippen LogP contribution in [0.25, 0.3) is 0 Å². The lowest BCUT2D eigenvalue weighted by Crippen LogP contribution is -2.29. The van der Waals surface area contributed by atoms with Gasteiger partial charge in [-0.15, -0.1) is 0 Å². The molecule has 3 heteroatoms. The second kappa shape index (κ2) is 5.42. The Bertz CT molecular complexity index is 1030. The van der Waals surface area contributed by atoms with Gasteiger partial charge < -0.3 is 0 Å². The molecule has 0 spiro atoms. The number of fused-ring (bicyclic) bond motifs is 5. The summed E-state index contributed by atoms with van der Waals surface area (Å²) >= 11 is 0. The van der Waals surface area contributed by atoms with Crippen molar-refractivity contribution in [1.29, 1.82) is 0 Å². The molecule has 3 aromatic carbocycles. The third-order valence-corrected chi connectivity index (χ3v) is 4.85. The van der Waals surface area contributed by atoms with Gasteiger partial charge in [0.15, 0.2) is 11.4 Å². The third kappa shape index (κ3) is 2.13. The zero-order chi connectivity index (χ0) is 16.8. The van der Waals surface area contributed by atoms with Crippen molar-refractivity contribution >= 4 is 34.9 Å². The molecule has 0 amide bonds. The average Bonchev–Trinajstić information content (AvgIpc) is 3.01. The summed E-state index contributed by atoms with van der Waals surface area (Å²) in [5.41, 5.74) is 6.04. The van der Waals surface area contributed by atoms with Gasteiger partial charge in [0.1, 0.15) is 5.69 Å². The molecule has 0 aromatic heterocycles. The standard InChI is InChI=1S/C22H18N3/c1-23-16-24(18-10-3-2-4-11-18)20-13-7-8-14-21(20)25-19-12-6-5-9-17(19)15-22(23)25/h2-14H,15H2,1H3/q+1. The van der Waals surface area contributed by atoms with Crippen LogP contribution in [0.15, 0.2) is 78.9 Å². The molecule has 0 saturated carbocycles. The molecule has 25 heavy (non-hydrogen) atoms. The van der Waals surface area contributed by atoms with Crippen molar-refractivity contribution in [3.8, 4) is 0 Å². The maximum atomic E-state index is 3.55. The molecule has 0 bridgehead atoms. The molecule has 0 radical (unpaired) electrons. The summed E-state index contributed by atoms with van der Waals surface area (Å²) in [6, 6.07) is 27.6. The summed E-state index contributed by atoms with van der Waals surface area (Å²) in [7, 11) is 2.08. The fourth-order valence-corrected chi connectivity index (χ4v) is 3.68. The molecule has 0 saturated heterocycles. The van der Waals surface area contributed by atoms with Crippen molar-refractivity contribution in [3.05, 3.63) is 84.4 Å². The van der Waals surface area contributed by atoms with E-state index in [1.54, 1.807) is 0 Å². The predicted molar refractivity (Wildman–Crippen MR) is 103 cm³/mol. The highest BCUT2D eigenvalue weighted by Crippen LogP contribution is 2.41. The van der Waals surface area contributed by atoms with Crippen LogP contribution < -0.4 is 9.48 Å². The van der Waals surface area contributed by atoms with Crippen molar-refractivity contribution in [3.63, 3.8) is 0 Å². The van der Waals surface area contributed by atoms with Gasteiger partial charge >= 0.3 is 6.34 Å². The van der Waals surface area contributed by atoms with Crippen LogP contribution in [0.4, 0.5) is 22.7 Å². The highest BCUT2D eigenvalue weighted by molar-refractivity contribution is 6.11. The molecule has 0 aliphatic carbocycles. The van der Waals surface area contributed by atoms with Gasteiger partial charge in [-0.05, 0) is 30.3 Å². The first kappa shape index (κ1) is 14.2. The molecule has 0 fully saturated rings. The zero-order valence-corrected chi connectivity index (χ0v) is 14.1. The van der Waals surface area contributed by atoms with Crippen LogP contribution in [0, 0.1) is 0 Å².